The van der Waals surface area contributed by atoms with Crippen LogP contribution in [0, 0.1) is 5.82 Å². The number of likely N-dealkylation sites (tertiary alicyclic amines) is 1. The summed E-state index contributed by atoms with van der Waals surface area (Å²) in [4.78, 5) is 53.3. The molecule has 7 rings (SSSR count). The number of ether oxygens (including phenoxy) is 1. The Morgan fingerprint density at radius 3 is 2.62 bits per heavy atom. The second kappa shape index (κ2) is 14.7. The maximum absolute atomic E-state index is 16.2. The highest BCUT2D eigenvalue weighted by Crippen LogP contribution is 2.39. The number of anilines is 1. The SMILES string of the molecule is CC(C)(C)OC(=O)N1CCC[C@@H](N(C(=O)c2ccc(-n3nnc4cccnc43)cc2F)c2nccc3sc(-c4ccc(C(=O)NCCO)cc4)cc23)C1. The largest absolute Gasteiger partial charge is 0.444 e. The average molecular weight is 737 g/mol. The number of nitrogens with one attached hydrogen (secondary N) is 1. The number of aliphatic hydroxyl groups excluding tert-OH is 1. The van der Waals surface area contributed by atoms with Crippen molar-refractivity contribution in [3.8, 4) is 16.1 Å². The summed E-state index contributed by atoms with van der Waals surface area (Å²) in [7, 11) is 0. The van der Waals surface area contributed by atoms with E-state index in [1.807, 2.05) is 24.3 Å². The van der Waals surface area contributed by atoms with Crippen LogP contribution in [-0.2, 0) is 4.74 Å². The first-order chi connectivity index (χ1) is 25.5. The Morgan fingerprint density at radius 2 is 1.87 bits per heavy atom. The van der Waals surface area contributed by atoms with Gasteiger partial charge in [-0.25, -0.2) is 19.2 Å². The Kier molecular flexibility index (Phi) is 9.86. The van der Waals surface area contributed by atoms with Gasteiger partial charge in [0.15, 0.2) is 5.65 Å². The zero-order valence-electron chi connectivity index (χ0n) is 29.3. The van der Waals surface area contributed by atoms with Crippen LogP contribution in [0.3, 0.4) is 0 Å². The average Bonchev–Trinajstić information content (AvgIpc) is 3.79. The van der Waals surface area contributed by atoms with Crippen LogP contribution in [0.4, 0.5) is 15.0 Å². The van der Waals surface area contributed by atoms with E-state index >= 15 is 4.39 Å². The number of aromatic nitrogens is 5. The van der Waals surface area contributed by atoms with Gasteiger partial charge in [-0.3, -0.25) is 14.5 Å². The van der Waals surface area contributed by atoms with Crippen molar-refractivity contribution in [3.63, 3.8) is 0 Å². The van der Waals surface area contributed by atoms with Crippen molar-refractivity contribution >= 4 is 56.3 Å². The normalized spacial score (nSPS) is 14.7. The van der Waals surface area contributed by atoms with Gasteiger partial charge in [-0.05, 0) is 87.7 Å². The topological polar surface area (TPSA) is 156 Å². The Morgan fingerprint density at radius 1 is 1.06 bits per heavy atom. The molecule has 13 nitrogen and oxygen atoms in total. The second-order valence-electron chi connectivity index (χ2n) is 13.6. The molecule has 6 aromatic rings. The Hall–Kier alpha value is -5.80. The summed E-state index contributed by atoms with van der Waals surface area (Å²) < 4.78 is 24.1. The molecular weight excluding hydrogens is 700 g/mol. The number of thiophene rings is 1. The predicted molar refractivity (Wildman–Crippen MR) is 199 cm³/mol. The molecule has 5 heterocycles. The molecule has 272 valence electrons. The fraction of sp³-hybridized carbons (Fsp3) is 0.289. The van der Waals surface area contributed by atoms with E-state index < -0.39 is 29.5 Å². The minimum Gasteiger partial charge on any atom is -0.444 e. The summed E-state index contributed by atoms with van der Waals surface area (Å²) in [6.07, 6.45) is 3.85. The van der Waals surface area contributed by atoms with E-state index in [2.05, 4.69) is 20.6 Å². The number of piperidine rings is 1. The van der Waals surface area contributed by atoms with Gasteiger partial charge in [0.2, 0.25) is 0 Å². The molecule has 2 N–H and O–H groups in total. The first-order valence-corrected chi connectivity index (χ1v) is 18.0. The lowest BCUT2D eigenvalue weighted by Crippen LogP contribution is -2.53. The number of aliphatic hydroxyl groups is 1. The number of pyridine rings is 2. The number of hydrogen-bond acceptors (Lipinski definition) is 10. The minimum absolute atomic E-state index is 0.155. The molecule has 0 bridgehead atoms. The molecule has 0 aliphatic carbocycles. The molecule has 0 saturated carbocycles. The van der Waals surface area contributed by atoms with Crippen LogP contribution in [0.25, 0.3) is 37.4 Å². The first-order valence-electron chi connectivity index (χ1n) is 17.2. The molecule has 1 atom stereocenters. The zero-order valence-corrected chi connectivity index (χ0v) is 30.1. The second-order valence-corrected chi connectivity index (χ2v) is 14.7. The maximum Gasteiger partial charge on any atom is 0.410 e. The van der Waals surface area contributed by atoms with Crippen molar-refractivity contribution < 1.29 is 28.6 Å². The predicted octanol–water partition coefficient (Wildman–Crippen LogP) is 6.00. The lowest BCUT2D eigenvalue weighted by molar-refractivity contribution is 0.0195. The fourth-order valence-corrected chi connectivity index (χ4v) is 7.37. The molecule has 15 heteroatoms. The van der Waals surface area contributed by atoms with Gasteiger partial charge >= 0.3 is 6.09 Å². The molecule has 53 heavy (non-hydrogen) atoms. The van der Waals surface area contributed by atoms with Crippen molar-refractivity contribution in [2.75, 3.05) is 31.1 Å². The lowest BCUT2D eigenvalue weighted by atomic mass is 10.0. The van der Waals surface area contributed by atoms with Gasteiger partial charge in [-0.2, -0.15) is 4.68 Å². The molecule has 0 radical (unpaired) electrons. The molecule has 4 aromatic heterocycles. The Labute approximate surface area is 308 Å². The van der Waals surface area contributed by atoms with E-state index in [0.717, 1.165) is 15.1 Å². The summed E-state index contributed by atoms with van der Waals surface area (Å²) in [6, 6.07) is 18.0. The van der Waals surface area contributed by atoms with E-state index in [1.54, 1.807) is 68.4 Å². The van der Waals surface area contributed by atoms with Gasteiger partial charge in [-0.1, -0.05) is 17.3 Å². The third kappa shape index (κ3) is 7.43. The van der Waals surface area contributed by atoms with Crippen LogP contribution >= 0.6 is 11.3 Å². The van der Waals surface area contributed by atoms with Crippen molar-refractivity contribution in [1.29, 1.82) is 0 Å². The van der Waals surface area contributed by atoms with E-state index in [9.17, 15) is 14.4 Å². The molecule has 0 spiro atoms. The standard InChI is InChI=1S/C38H37FN8O5S/c1-38(2,3)52-37(51)45-18-5-6-26(22-45)46(36(50)27-13-12-25(20-29(27)39)47-34-30(43-44-47)7-4-15-40-34)33-28-21-32(53-31(28)14-16-41-33)23-8-10-24(11-9-23)35(49)42-17-19-48/h4,7-16,20-21,26,48H,5-6,17-19,22H2,1-3H3,(H,42,49)/t26-/m1/s1. The third-order valence-electron chi connectivity index (χ3n) is 8.75. The lowest BCUT2D eigenvalue weighted by Gasteiger charge is -2.39. The van der Waals surface area contributed by atoms with Gasteiger partial charge in [0.1, 0.15) is 22.8 Å². The quantitative estimate of drug-likeness (QED) is 0.191. The molecule has 3 amide bonds. The summed E-state index contributed by atoms with van der Waals surface area (Å²) in [5.74, 6) is -1.33. The minimum atomic E-state index is -0.766. The van der Waals surface area contributed by atoms with Gasteiger partial charge in [-0.15, -0.1) is 16.4 Å². The van der Waals surface area contributed by atoms with Gasteiger partial charge < -0.3 is 20.1 Å². The number of carbonyl (C=O) groups is 3. The van der Waals surface area contributed by atoms with E-state index in [0.29, 0.717) is 53.0 Å². The number of halogens is 1. The number of fused-ring (bicyclic) bond motifs is 2. The van der Waals surface area contributed by atoms with E-state index in [4.69, 9.17) is 14.8 Å². The number of rotatable bonds is 8. The van der Waals surface area contributed by atoms with Crippen molar-refractivity contribution in [2.45, 2.75) is 45.3 Å². The van der Waals surface area contributed by atoms with Gasteiger partial charge in [0.05, 0.1) is 23.9 Å². The molecule has 1 fully saturated rings. The third-order valence-corrected chi connectivity index (χ3v) is 9.90. The zero-order chi connectivity index (χ0) is 37.3. The molecule has 0 unspecified atom stereocenters. The fourth-order valence-electron chi connectivity index (χ4n) is 6.31. The highest BCUT2D eigenvalue weighted by molar-refractivity contribution is 7.22. The molecular formula is C38H37FN8O5S. The number of carbonyl (C=O) groups excluding carboxylic acids is 3. The maximum atomic E-state index is 16.2. The number of amides is 3. The van der Waals surface area contributed by atoms with E-state index in [-0.39, 0.29) is 31.2 Å². The van der Waals surface area contributed by atoms with Crippen LogP contribution in [0.15, 0.2) is 79.1 Å². The van der Waals surface area contributed by atoms with Crippen molar-refractivity contribution in [2.24, 2.45) is 0 Å². The van der Waals surface area contributed by atoms with Crippen LogP contribution < -0.4 is 10.2 Å². The Balaban J connectivity index is 1.27. The van der Waals surface area contributed by atoms with Crippen molar-refractivity contribution in [1.82, 2.24) is 35.2 Å². The first kappa shape index (κ1) is 35.6. The van der Waals surface area contributed by atoms with Crippen LogP contribution in [0.1, 0.15) is 54.3 Å². The summed E-state index contributed by atoms with van der Waals surface area (Å²) in [6.45, 7) is 6.00. The van der Waals surface area contributed by atoms with Gasteiger partial charge in [0.25, 0.3) is 11.8 Å². The molecule has 1 saturated heterocycles. The number of nitrogens with zero attached hydrogens (tertiary/aromatic N) is 7. The summed E-state index contributed by atoms with van der Waals surface area (Å²) in [5, 5.41) is 20.6. The highest BCUT2D eigenvalue weighted by Gasteiger charge is 2.36. The highest BCUT2D eigenvalue weighted by atomic mass is 32.1. The van der Waals surface area contributed by atoms with Crippen LogP contribution in [-0.4, -0.2) is 90.8 Å². The van der Waals surface area contributed by atoms with Gasteiger partial charge in [0, 0.05) is 58.6 Å². The molecule has 1 aliphatic heterocycles. The Bertz CT molecular complexity index is 2320. The molecule has 2 aromatic carbocycles. The molecule has 1 aliphatic rings. The summed E-state index contributed by atoms with van der Waals surface area (Å²) in [5.41, 5.74) is 1.75. The smallest absolute Gasteiger partial charge is 0.410 e. The van der Waals surface area contributed by atoms with Crippen LogP contribution in [0.5, 0.6) is 0 Å². The van der Waals surface area contributed by atoms with E-state index in [1.165, 1.54) is 33.1 Å². The van der Waals surface area contributed by atoms with Crippen molar-refractivity contribution in [3.05, 3.63) is 96.1 Å². The monoisotopic (exact) mass is 736 g/mol. The summed E-state index contributed by atoms with van der Waals surface area (Å²) >= 11 is 1.49. The number of hydrogen-bond donors (Lipinski definition) is 2. The number of benzene rings is 2. The van der Waals surface area contributed by atoms with Crippen LogP contribution in [0.2, 0.25) is 0 Å².